The van der Waals surface area contributed by atoms with Crippen LogP contribution < -0.4 is 11.1 Å². The summed E-state index contributed by atoms with van der Waals surface area (Å²) in [4.78, 5) is 7.99. The second kappa shape index (κ2) is 4.41. The van der Waals surface area contributed by atoms with Crippen LogP contribution in [0, 0.1) is 6.92 Å². The van der Waals surface area contributed by atoms with Crippen LogP contribution in [0.2, 0.25) is 0 Å². The van der Waals surface area contributed by atoms with Crippen molar-refractivity contribution in [3.05, 3.63) is 11.9 Å². The lowest BCUT2D eigenvalue weighted by Gasteiger charge is -2.20. The average molecular weight is 212 g/mol. The summed E-state index contributed by atoms with van der Waals surface area (Å²) in [6.07, 6.45) is 0. The number of nitrogens with two attached hydrogens (primary N) is 1. The van der Waals surface area contributed by atoms with Crippen molar-refractivity contribution in [3.63, 3.8) is 0 Å². The number of aliphatic hydroxyl groups excluding tert-OH is 1. The van der Waals surface area contributed by atoms with E-state index in [4.69, 9.17) is 10.8 Å². The van der Waals surface area contributed by atoms with Gasteiger partial charge in [-0.1, -0.05) is 0 Å². The number of nitrogen functional groups attached to an aromatic ring is 1. The molecule has 0 amide bonds. The van der Waals surface area contributed by atoms with Crippen LogP contribution in [0.4, 0.5) is 11.6 Å². The number of hydrogen-bond acceptors (Lipinski definition) is 6. The van der Waals surface area contributed by atoms with Gasteiger partial charge in [-0.15, -0.1) is 0 Å². The largest absolute Gasteiger partial charge is 0.393 e. The maximum absolute atomic E-state index is 9.54. The molecule has 0 aliphatic rings. The maximum atomic E-state index is 9.54. The summed E-state index contributed by atoms with van der Waals surface area (Å²) < 4.78 is 0. The van der Waals surface area contributed by atoms with Crippen molar-refractivity contribution in [1.82, 2.24) is 9.97 Å². The Hall–Kier alpha value is -1.40. The molecule has 84 valence electrons. The van der Waals surface area contributed by atoms with Crippen LogP contribution >= 0.6 is 0 Å². The highest BCUT2D eigenvalue weighted by molar-refractivity contribution is 5.44. The minimum absolute atomic E-state index is 0.194. The average Bonchev–Trinajstić information content (AvgIpc) is 2.14. The van der Waals surface area contributed by atoms with E-state index in [0.717, 1.165) is 0 Å². The van der Waals surface area contributed by atoms with Gasteiger partial charge in [0.15, 0.2) is 0 Å². The summed E-state index contributed by atoms with van der Waals surface area (Å²) in [5.41, 5.74) is 4.36. The Morgan fingerprint density at radius 1 is 1.53 bits per heavy atom. The van der Waals surface area contributed by atoms with Crippen LogP contribution in [0.25, 0.3) is 0 Å². The molecule has 0 spiro atoms. The molecule has 0 aromatic carbocycles. The topological polar surface area (TPSA) is 104 Å². The van der Waals surface area contributed by atoms with Gasteiger partial charge in [-0.2, -0.15) is 0 Å². The van der Waals surface area contributed by atoms with E-state index in [9.17, 15) is 5.11 Å². The van der Waals surface area contributed by atoms with Gasteiger partial charge in [0.2, 0.25) is 0 Å². The third kappa shape index (κ3) is 3.69. The molecular weight excluding hydrogens is 196 g/mol. The summed E-state index contributed by atoms with van der Waals surface area (Å²) in [6, 6.07) is 1.57. The van der Waals surface area contributed by atoms with E-state index in [1.807, 2.05) is 0 Å². The molecule has 1 atom stereocenters. The summed E-state index contributed by atoms with van der Waals surface area (Å²) in [5.74, 6) is 1.46. The summed E-state index contributed by atoms with van der Waals surface area (Å²) in [7, 11) is 0. The van der Waals surface area contributed by atoms with Crippen LogP contribution in [-0.2, 0) is 0 Å². The van der Waals surface area contributed by atoms with Crippen molar-refractivity contribution in [2.24, 2.45) is 0 Å². The minimum atomic E-state index is -1.17. The molecule has 1 heterocycles. The summed E-state index contributed by atoms with van der Waals surface area (Å²) in [6.45, 7) is 3.13. The smallest absolute Gasteiger partial charge is 0.131 e. The molecule has 0 aliphatic carbocycles. The Labute approximate surface area is 88.2 Å². The molecule has 0 bridgehead atoms. The van der Waals surface area contributed by atoms with Gasteiger partial charge in [-0.3, -0.25) is 0 Å². The maximum Gasteiger partial charge on any atom is 0.131 e. The quantitative estimate of drug-likeness (QED) is 0.537. The Morgan fingerprint density at radius 2 is 2.20 bits per heavy atom. The molecule has 1 aromatic heterocycles. The molecular formula is C9H16N4O2. The van der Waals surface area contributed by atoms with E-state index in [-0.39, 0.29) is 13.2 Å². The highest BCUT2D eigenvalue weighted by Gasteiger charge is 2.18. The van der Waals surface area contributed by atoms with Crippen LogP contribution in [0.15, 0.2) is 6.07 Å². The van der Waals surface area contributed by atoms with Crippen molar-refractivity contribution < 1.29 is 10.2 Å². The van der Waals surface area contributed by atoms with Gasteiger partial charge in [0.25, 0.3) is 0 Å². The van der Waals surface area contributed by atoms with Crippen molar-refractivity contribution in [2.45, 2.75) is 19.4 Å². The molecule has 0 saturated carbocycles. The van der Waals surface area contributed by atoms with Crippen molar-refractivity contribution in [1.29, 1.82) is 0 Å². The molecule has 0 aliphatic heterocycles. The van der Waals surface area contributed by atoms with Crippen molar-refractivity contribution in [2.75, 3.05) is 24.2 Å². The van der Waals surface area contributed by atoms with E-state index >= 15 is 0 Å². The molecule has 0 fully saturated rings. The number of nitrogens with zero attached hydrogens (tertiary/aromatic N) is 2. The van der Waals surface area contributed by atoms with Gasteiger partial charge in [0.1, 0.15) is 23.1 Å². The third-order valence-corrected chi connectivity index (χ3v) is 1.85. The second-order valence-electron chi connectivity index (χ2n) is 3.73. The first kappa shape index (κ1) is 11.7. The Morgan fingerprint density at radius 3 is 2.73 bits per heavy atom. The number of aliphatic hydroxyl groups is 2. The van der Waals surface area contributed by atoms with Crippen molar-refractivity contribution >= 4 is 11.6 Å². The Bertz CT molecular complexity index is 321. The lowest BCUT2D eigenvalue weighted by molar-refractivity contribution is 0.0131. The monoisotopic (exact) mass is 212 g/mol. The van der Waals surface area contributed by atoms with Gasteiger partial charge in [0.05, 0.1) is 6.61 Å². The van der Waals surface area contributed by atoms with Crippen molar-refractivity contribution in [3.8, 4) is 0 Å². The summed E-state index contributed by atoms with van der Waals surface area (Å²) >= 11 is 0. The predicted molar refractivity (Wildman–Crippen MR) is 57.4 cm³/mol. The molecule has 6 nitrogen and oxygen atoms in total. The van der Waals surface area contributed by atoms with Gasteiger partial charge >= 0.3 is 0 Å². The fourth-order valence-corrected chi connectivity index (χ4v) is 1.02. The van der Waals surface area contributed by atoms with Gasteiger partial charge < -0.3 is 21.3 Å². The zero-order valence-corrected chi connectivity index (χ0v) is 8.86. The zero-order valence-electron chi connectivity index (χ0n) is 8.86. The fraction of sp³-hybridized carbons (Fsp3) is 0.556. The van der Waals surface area contributed by atoms with Gasteiger partial charge in [0, 0.05) is 12.6 Å². The first-order chi connectivity index (χ1) is 6.93. The molecule has 6 heteroatoms. The molecule has 15 heavy (non-hydrogen) atoms. The number of hydrogen-bond donors (Lipinski definition) is 4. The van der Waals surface area contributed by atoms with E-state index in [0.29, 0.717) is 17.5 Å². The van der Waals surface area contributed by atoms with E-state index < -0.39 is 5.60 Å². The SMILES string of the molecule is Cc1nc(N)cc(NCC(C)(O)CO)n1. The number of aryl methyl sites for hydroxylation is 1. The normalized spacial score (nSPS) is 14.7. The molecule has 1 aromatic rings. The number of aromatic nitrogens is 2. The molecule has 5 N–H and O–H groups in total. The number of anilines is 2. The third-order valence-electron chi connectivity index (χ3n) is 1.85. The highest BCUT2D eigenvalue weighted by Crippen LogP contribution is 2.09. The molecule has 1 rings (SSSR count). The van der Waals surface area contributed by atoms with Crippen LogP contribution in [0.1, 0.15) is 12.7 Å². The minimum Gasteiger partial charge on any atom is -0.393 e. The Kier molecular flexibility index (Phi) is 3.43. The standard InChI is InChI=1S/C9H16N4O2/c1-6-12-7(10)3-8(13-6)11-4-9(2,15)5-14/h3,14-15H,4-5H2,1-2H3,(H3,10,11,12,13). The van der Waals surface area contributed by atoms with E-state index in [1.54, 1.807) is 13.0 Å². The molecule has 1 unspecified atom stereocenters. The Balaban J connectivity index is 2.65. The first-order valence-electron chi connectivity index (χ1n) is 4.61. The van der Waals surface area contributed by atoms with Crippen LogP contribution in [0.5, 0.6) is 0 Å². The second-order valence-corrected chi connectivity index (χ2v) is 3.73. The lowest BCUT2D eigenvalue weighted by atomic mass is 10.1. The van der Waals surface area contributed by atoms with Gasteiger partial charge in [-0.05, 0) is 13.8 Å². The highest BCUT2D eigenvalue weighted by atomic mass is 16.3. The molecule has 0 saturated heterocycles. The molecule has 0 radical (unpaired) electrons. The first-order valence-corrected chi connectivity index (χ1v) is 4.61. The van der Waals surface area contributed by atoms with E-state index in [2.05, 4.69) is 15.3 Å². The predicted octanol–water partition coefficient (Wildman–Crippen LogP) is -0.478. The van der Waals surface area contributed by atoms with Gasteiger partial charge in [-0.25, -0.2) is 9.97 Å². The summed E-state index contributed by atoms with van der Waals surface area (Å²) in [5, 5.41) is 21.2. The van der Waals surface area contributed by atoms with E-state index in [1.165, 1.54) is 6.92 Å². The van der Waals surface area contributed by atoms with Crippen LogP contribution in [-0.4, -0.2) is 38.9 Å². The van der Waals surface area contributed by atoms with Crippen LogP contribution in [0.3, 0.4) is 0 Å². The number of rotatable bonds is 4. The fourth-order valence-electron chi connectivity index (χ4n) is 1.02. The number of nitrogens with one attached hydrogen (secondary N) is 1. The lowest BCUT2D eigenvalue weighted by Crippen LogP contribution is -2.37. The zero-order chi connectivity index (χ0) is 11.5.